The molecule has 2 aromatic carbocycles. The first-order chi connectivity index (χ1) is 12.0. The highest BCUT2D eigenvalue weighted by molar-refractivity contribution is 6.01. The number of aromatic hydroxyl groups is 1. The summed E-state index contributed by atoms with van der Waals surface area (Å²) in [5.41, 5.74) is 0.264. The number of amides is 1. The molecule has 1 saturated carbocycles. The first-order valence-electron chi connectivity index (χ1n) is 8.46. The number of benzene rings is 2. The highest BCUT2D eigenvalue weighted by Gasteiger charge is 2.35. The minimum atomic E-state index is -0.838. The van der Waals surface area contributed by atoms with Crippen LogP contribution in [0.15, 0.2) is 36.4 Å². The van der Waals surface area contributed by atoms with Gasteiger partial charge in [0, 0.05) is 12.1 Å². The van der Waals surface area contributed by atoms with Crippen LogP contribution in [0.1, 0.15) is 30.1 Å². The Balaban J connectivity index is 1.62. The summed E-state index contributed by atoms with van der Waals surface area (Å²) in [7, 11) is 0. The predicted octanol–water partition coefficient (Wildman–Crippen LogP) is 2.21. The Morgan fingerprint density at radius 3 is 2.44 bits per heavy atom. The van der Waals surface area contributed by atoms with Gasteiger partial charge in [-0.1, -0.05) is 31.2 Å². The molecule has 0 saturated heterocycles. The third kappa shape index (κ3) is 3.74. The molecule has 0 aliphatic heterocycles. The molecule has 132 valence electrons. The van der Waals surface area contributed by atoms with Gasteiger partial charge in [-0.3, -0.25) is 14.5 Å². The maximum Gasteiger partial charge on any atom is 0.317 e. The lowest BCUT2D eigenvalue weighted by atomic mass is 9.85. The van der Waals surface area contributed by atoms with E-state index in [0.717, 1.165) is 23.6 Å². The van der Waals surface area contributed by atoms with Gasteiger partial charge in [0.1, 0.15) is 5.75 Å². The highest BCUT2D eigenvalue weighted by Crippen LogP contribution is 2.28. The monoisotopic (exact) mass is 342 g/mol. The molecular weight excluding hydrogens is 320 g/mol. The largest absolute Gasteiger partial charge is 0.507 e. The molecule has 0 unspecified atom stereocenters. The number of fused-ring (bicyclic) bond motifs is 1. The fraction of sp³-hybridized carbons (Fsp3) is 0.368. The van der Waals surface area contributed by atoms with E-state index in [1.807, 2.05) is 36.1 Å². The van der Waals surface area contributed by atoms with E-state index in [9.17, 15) is 14.7 Å². The summed E-state index contributed by atoms with van der Waals surface area (Å²) in [5.74, 6) is -1.17. The zero-order valence-corrected chi connectivity index (χ0v) is 14.1. The number of phenols is 1. The number of hydrogen-bond acceptors (Lipinski definition) is 4. The molecule has 1 fully saturated rings. The molecule has 0 aromatic heterocycles. The molecule has 0 spiro atoms. The molecule has 1 aliphatic rings. The van der Waals surface area contributed by atoms with Crippen LogP contribution in [0.4, 0.5) is 0 Å². The van der Waals surface area contributed by atoms with Crippen LogP contribution in [0.25, 0.3) is 10.8 Å². The van der Waals surface area contributed by atoms with E-state index in [1.54, 1.807) is 12.1 Å². The van der Waals surface area contributed by atoms with Crippen molar-refractivity contribution in [1.82, 2.24) is 10.2 Å². The average molecular weight is 342 g/mol. The van der Waals surface area contributed by atoms with Gasteiger partial charge < -0.3 is 15.5 Å². The van der Waals surface area contributed by atoms with Crippen molar-refractivity contribution in [2.45, 2.75) is 31.8 Å². The van der Waals surface area contributed by atoms with E-state index < -0.39 is 5.97 Å². The zero-order chi connectivity index (χ0) is 18.0. The molecular formula is C19H22N2O4. The van der Waals surface area contributed by atoms with Gasteiger partial charge in [0.05, 0.1) is 12.1 Å². The second-order valence-corrected chi connectivity index (χ2v) is 6.47. The Labute approximate surface area is 146 Å². The molecule has 0 bridgehead atoms. The maximum atomic E-state index is 12.5. The van der Waals surface area contributed by atoms with Gasteiger partial charge in [-0.15, -0.1) is 0 Å². The fourth-order valence-electron chi connectivity index (χ4n) is 3.35. The number of nitrogens with zero attached hydrogens (tertiary/aromatic N) is 1. The Hall–Kier alpha value is -2.60. The lowest BCUT2D eigenvalue weighted by Crippen LogP contribution is -2.54. The van der Waals surface area contributed by atoms with Crippen molar-refractivity contribution in [2.24, 2.45) is 0 Å². The number of hydrogen-bond donors (Lipinski definition) is 3. The van der Waals surface area contributed by atoms with Crippen molar-refractivity contribution in [3.63, 3.8) is 0 Å². The van der Waals surface area contributed by atoms with Crippen LogP contribution in [0, 0.1) is 0 Å². The second-order valence-electron chi connectivity index (χ2n) is 6.47. The molecule has 2 aromatic rings. The van der Waals surface area contributed by atoms with Gasteiger partial charge in [0.25, 0.3) is 5.91 Å². The molecule has 3 N–H and O–H groups in total. The van der Waals surface area contributed by atoms with Crippen LogP contribution in [0.5, 0.6) is 5.75 Å². The van der Waals surface area contributed by atoms with Crippen LogP contribution < -0.4 is 5.32 Å². The molecule has 3 rings (SSSR count). The number of phenolic OH excluding ortho intramolecular Hbond substituents is 1. The first-order valence-corrected chi connectivity index (χ1v) is 8.46. The summed E-state index contributed by atoms with van der Waals surface area (Å²) in [4.78, 5) is 25.2. The molecule has 1 aliphatic carbocycles. The predicted molar refractivity (Wildman–Crippen MR) is 94.8 cm³/mol. The molecule has 6 nitrogen and oxygen atoms in total. The lowest BCUT2D eigenvalue weighted by Gasteiger charge is -2.42. The summed E-state index contributed by atoms with van der Waals surface area (Å²) in [6.45, 7) is 2.62. The summed E-state index contributed by atoms with van der Waals surface area (Å²) in [6, 6.07) is 11.0. The van der Waals surface area contributed by atoms with Gasteiger partial charge in [-0.05, 0) is 42.3 Å². The van der Waals surface area contributed by atoms with Gasteiger partial charge >= 0.3 is 5.97 Å². The van der Waals surface area contributed by atoms with E-state index in [0.29, 0.717) is 6.54 Å². The van der Waals surface area contributed by atoms with Crippen LogP contribution in [0.2, 0.25) is 0 Å². The number of likely N-dealkylation sites (N-methyl/N-ethyl adjacent to an activating group) is 1. The third-order valence-electron chi connectivity index (χ3n) is 4.82. The SMILES string of the molecule is CCN(CC(=O)O)C1CC(NC(=O)c2cc3ccccc3cc2O)C1. The van der Waals surface area contributed by atoms with E-state index in [1.165, 1.54) is 0 Å². The standard InChI is InChI=1S/C19H22N2O4/c1-2-21(11-18(23)24)15-9-14(10-15)20-19(25)16-7-12-5-3-4-6-13(12)8-17(16)22/h3-8,14-15,22H,2,9-11H2,1H3,(H,20,25)(H,23,24). The Kier molecular flexibility index (Phi) is 4.90. The number of aliphatic carboxylic acids is 1. The van der Waals surface area contributed by atoms with Gasteiger partial charge in [0.15, 0.2) is 0 Å². The fourth-order valence-corrected chi connectivity index (χ4v) is 3.35. The van der Waals surface area contributed by atoms with Crippen LogP contribution in [0.3, 0.4) is 0 Å². The molecule has 0 heterocycles. The molecule has 6 heteroatoms. The highest BCUT2D eigenvalue weighted by atomic mass is 16.4. The smallest absolute Gasteiger partial charge is 0.317 e. The van der Waals surface area contributed by atoms with Crippen molar-refractivity contribution < 1.29 is 19.8 Å². The maximum absolute atomic E-state index is 12.5. The number of rotatable bonds is 6. The summed E-state index contributed by atoms with van der Waals surface area (Å²) >= 11 is 0. The molecule has 1 amide bonds. The first kappa shape index (κ1) is 17.2. The van der Waals surface area contributed by atoms with Crippen molar-refractivity contribution in [1.29, 1.82) is 0 Å². The van der Waals surface area contributed by atoms with Crippen molar-refractivity contribution >= 4 is 22.6 Å². The van der Waals surface area contributed by atoms with Crippen LogP contribution in [-0.2, 0) is 4.79 Å². The van der Waals surface area contributed by atoms with E-state index in [4.69, 9.17) is 5.11 Å². The quantitative estimate of drug-likeness (QED) is 0.749. The van der Waals surface area contributed by atoms with Crippen LogP contribution in [-0.4, -0.2) is 52.2 Å². The summed E-state index contributed by atoms with van der Waals surface area (Å²) in [5, 5.41) is 23.8. The normalized spacial score (nSPS) is 19.6. The second kappa shape index (κ2) is 7.11. The topological polar surface area (TPSA) is 89.9 Å². The Morgan fingerprint density at radius 2 is 1.84 bits per heavy atom. The van der Waals surface area contributed by atoms with Crippen LogP contribution >= 0.6 is 0 Å². The molecule has 0 atom stereocenters. The minimum absolute atomic E-state index is 0.00575. The zero-order valence-electron chi connectivity index (χ0n) is 14.1. The van der Waals surface area contributed by atoms with Gasteiger partial charge in [-0.2, -0.15) is 0 Å². The number of carboxylic acid groups (broad SMARTS) is 1. The van der Waals surface area contributed by atoms with E-state index in [-0.39, 0.29) is 35.8 Å². The number of carbonyl (C=O) groups excluding carboxylic acids is 1. The summed E-state index contributed by atoms with van der Waals surface area (Å²) < 4.78 is 0. The molecule has 0 radical (unpaired) electrons. The summed E-state index contributed by atoms with van der Waals surface area (Å²) in [6.07, 6.45) is 1.45. The van der Waals surface area contributed by atoms with E-state index in [2.05, 4.69) is 5.32 Å². The number of carbonyl (C=O) groups is 2. The number of carboxylic acids is 1. The van der Waals surface area contributed by atoms with E-state index >= 15 is 0 Å². The third-order valence-corrected chi connectivity index (χ3v) is 4.82. The van der Waals surface area contributed by atoms with Crippen molar-refractivity contribution in [2.75, 3.05) is 13.1 Å². The van der Waals surface area contributed by atoms with Gasteiger partial charge in [-0.25, -0.2) is 0 Å². The van der Waals surface area contributed by atoms with Crippen molar-refractivity contribution in [3.05, 3.63) is 42.0 Å². The Morgan fingerprint density at radius 1 is 1.20 bits per heavy atom. The lowest BCUT2D eigenvalue weighted by molar-refractivity contribution is -0.139. The Bertz CT molecular complexity index is 799. The van der Waals surface area contributed by atoms with Crippen molar-refractivity contribution in [3.8, 4) is 5.75 Å². The van der Waals surface area contributed by atoms with Gasteiger partial charge in [0.2, 0.25) is 0 Å². The molecule has 25 heavy (non-hydrogen) atoms. The average Bonchev–Trinajstić information content (AvgIpc) is 2.54. The number of nitrogens with one attached hydrogen (secondary N) is 1. The minimum Gasteiger partial charge on any atom is -0.507 e.